The number of hydrogen-bond donors (Lipinski definition) is 0. The number of benzene rings is 1. The minimum atomic E-state index is -0.491. The van der Waals surface area contributed by atoms with Gasteiger partial charge in [0, 0.05) is 30.8 Å². The van der Waals surface area contributed by atoms with Crippen LogP contribution in [0.5, 0.6) is 0 Å². The summed E-state index contributed by atoms with van der Waals surface area (Å²) in [5.41, 5.74) is 0.386. The van der Waals surface area contributed by atoms with Crippen LogP contribution in [0.25, 0.3) is 0 Å². The number of hydrogen-bond acceptors (Lipinski definition) is 5. The predicted molar refractivity (Wildman–Crippen MR) is 101 cm³/mol. The van der Waals surface area contributed by atoms with Crippen LogP contribution in [0.2, 0.25) is 0 Å². The maximum Gasteiger partial charge on any atom is 0.309 e. The van der Waals surface area contributed by atoms with Crippen LogP contribution in [-0.4, -0.2) is 41.4 Å². The summed E-state index contributed by atoms with van der Waals surface area (Å²) in [6, 6.07) is 5.61. The Morgan fingerprint density at radius 3 is 2.33 bits per heavy atom. The lowest BCUT2D eigenvalue weighted by Gasteiger charge is -2.31. The Hall–Kier alpha value is -2.44. The number of nitrogens with zero attached hydrogens (tertiary/aromatic N) is 2. The van der Waals surface area contributed by atoms with Gasteiger partial charge in [-0.25, -0.2) is 0 Å². The lowest BCUT2D eigenvalue weighted by atomic mass is 9.96. The monoisotopic (exact) mass is 376 g/mol. The molecule has 0 spiro atoms. The second kappa shape index (κ2) is 10.6. The second-order valence-electron chi connectivity index (χ2n) is 6.95. The van der Waals surface area contributed by atoms with Gasteiger partial charge in [-0.3, -0.25) is 19.7 Å². The Labute approximate surface area is 159 Å². The van der Waals surface area contributed by atoms with Crippen LogP contribution in [-0.2, 0) is 9.53 Å². The van der Waals surface area contributed by atoms with Crippen molar-refractivity contribution in [3.05, 3.63) is 39.9 Å². The number of piperidine rings is 1. The van der Waals surface area contributed by atoms with Crippen LogP contribution in [0.1, 0.15) is 62.2 Å². The zero-order valence-electron chi connectivity index (χ0n) is 15.9. The van der Waals surface area contributed by atoms with Crippen molar-refractivity contribution >= 4 is 17.6 Å². The smallest absolute Gasteiger partial charge is 0.309 e. The highest BCUT2D eigenvalue weighted by Crippen LogP contribution is 2.21. The van der Waals surface area contributed by atoms with E-state index in [2.05, 4.69) is 6.92 Å². The molecule has 0 N–H and O–H groups in total. The number of carbonyl (C=O) groups excluding carboxylic acids is 2. The van der Waals surface area contributed by atoms with Crippen molar-refractivity contribution in [1.82, 2.24) is 4.90 Å². The number of carbonyl (C=O) groups is 2. The molecular formula is C20H28N2O5. The fourth-order valence-electron chi connectivity index (χ4n) is 3.22. The molecule has 1 aliphatic heterocycles. The molecule has 1 heterocycles. The van der Waals surface area contributed by atoms with E-state index in [9.17, 15) is 19.7 Å². The molecule has 2 rings (SSSR count). The molecule has 0 atom stereocenters. The molecule has 27 heavy (non-hydrogen) atoms. The Kier molecular flexibility index (Phi) is 8.23. The Balaban J connectivity index is 1.73. The molecule has 0 bridgehead atoms. The van der Waals surface area contributed by atoms with Gasteiger partial charge in [0.05, 0.1) is 17.4 Å². The molecule has 1 aromatic rings. The summed E-state index contributed by atoms with van der Waals surface area (Å²) in [5, 5.41) is 10.7. The van der Waals surface area contributed by atoms with Crippen molar-refractivity contribution in [2.45, 2.75) is 51.9 Å². The number of likely N-dealkylation sites (tertiary alicyclic amines) is 1. The zero-order valence-corrected chi connectivity index (χ0v) is 15.9. The molecule has 0 unspecified atom stereocenters. The van der Waals surface area contributed by atoms with E-state index in [-0.39, 0.29) is 23.5 Å². The van der Waals surface area contributed by atoms with Gasteiger partial charge in [0.1, 0.15) is 0 Å². The van der Waals surface area contributed by atoms with E-state index in [1.54, 1.807) is 4.90 Å². The zero-order chi connectivity index (χ0) is 19.6. The van der Waals surface area contributed by atoms with Crippen LogP contribution in [0.4, 0.5) is 5.69 Å². The molecule has 1 fully saturated rings. The van der Waals surface area contributed by atoms with Gasteiger partial charge in [-0.05, 0) is 31.4 Å². The molecule has 0 aromatic heterocycles. The highest BCUT2D eigenvalue weighted by molar-refractivity contribution is 5.94. The fourth-order valence-corrected chi connectivity index (χ4v) is 3.22. The van der Waals surface area contributed by atoms with E-state index in [0.29, 0.717) is 38.1 Å². The average Bonchev–Trinajstić information content (AvgIpc) is 2.70. The molecule has 0 saturated carbocycles. The molecule has 7 nitrogen and oxygen atoms in total. The number of esters is 1. The number of amides is 1. The molecule has 1 saturated heterocycles. The normalized spacial score (nSPS) is 14.8. The Morgan fingerprint density at radius 1 is 1.11 bits per heavy atom. The molecule has 1 aromatic carbocycles. The highest BCUT2D eigenvalue weighted by Gasteiger charge is 2.28. The molecular weight excluding hydrogens is 348 g/mol. The lowest BCUT2D eigenvalue weighted by molar-refractivity contribution is -0.384. The van der Waals surface area contributed by atoms with Crippen LogP contribution in [0.15, 0.2) is 24.3 Å². The van der Waals surface area contributed by atoms with E-state index in [0.717, 1.165) is 12.8 Å². The lowest BCUT2D eigenvalue weighted by Crippen LogP contribution is -2.40. The predicted octanol–water partition coefficient (Wildman–Crippen LogP) is 3.96. The third kappa shape index (κ3) is 6.34. The maximum absolute atomic E-state index is 12.5. The van der Waals surface area contributed by atoms with Crippen molar-refractivity contribution in [2.75, 3.05) is 19.7 Å². The van der Waals surface area contributed by atoms with Gasteiger partial charge in [0.2, 0.25) is 0 Å². The van der Waals surface area contributed by atoms with Crippen molar-refractivity contribution in [3.63, 3.8) is 0 Å². The van der Waals surface area contributed by atoms with Gasteiger partial charge in [0.15, 0.2) is 0 Å². The summed E-state index contributed by atoms with van der Waals surface area (Å²) in [6.45, 7) is 3.63. The first kappa shape index (κ1) is 20.9. The summed E-state index contributed by atoms with van der Waals surface area (Å²) in [5.74, 6) is -0.470. The van der Waals surface area contributed by atoms with Crippen molar-refractivity contribution in [2.24, 2.45) is 5.92 Å². The van der Waals surface area contributed by atoms with Crippen molar-refractivity contribution in [3.8, 4) is 0 Å². The Morgan fingerprint density at radius 2 is 1.74 bits per heavy atom. The minimum Gasteiger partial charge on any atom is -0.465 e. The molecule has 7 heteroatoms. The first-order valence-electron chi connectivity index (χ1n) is 9.73. The number of ether oxygens (including phenoxy) is 1. The number of non-ortho nitro benzene ring substituents is 1. The Bertz CT molecular complexity index is 636. The number of unbranched alkanes of at least 4 members (excludes halogenated alkanes) is 4. The van der Waals surface area contributed by atoms with E-state index < -0.39 is 4.92 Å². The van der Waals surface area contributed by atoms with E-state index in [4.69, 9.17) is 4.74 Å². The molecule has 148 valence electrons. The summed E-state index contributed by atoms with van der Waals surface area (Å²) in [4.78, 5) is 36.5. The maximum atomic E-state index is 12.5. The van der Waals surface area contributed by atoms with Gasteiger partial charge in [-0.15, -0.1) is 0 Å². The van der Waals surface area contributed by atoms with Crippen LogP contribution >= 0.6 is 0 Å². The van der Waals surface area contributed by atoms with Gasteiger partial charge in [-0.1, -0.05) is 32.6 Å². The SMILES string of the molecule is CCCCCCCOC(=O)C1CCN(C(=O)c2ccc([N+](=O)[O-])cc2)CC1. The van der Waals surface area contributed by atoms with Crippen LogP contribution in [0.3, 0.4) is 0 Å². The van der Waals surface area contributed by atoms with Gasteiger partial charge >= 0.3 is 5.97 Å². The largest absolute Gasteiger partial charge is 0.465 e. The average molecular weight is 376 g/mol. The summed E-state index contributed by atoms with van der Waals surface area (Å²) >= 11 is 0. The van der Waals surface area contributed by atoms with Gasteiger partial charge in [-0.2, -0.15) is 0 Å². The molecule has 0 radical (unpaired) electrons. The van der Waals surface area contributed by atoms with Crippen LogP contribution < -0.4 is 0 Å². The van der Waals surface area contributed by atoms with Gasteiger partial charge < -0.3 is 9.64 Å². The van der Waals surface area contributed by atoms with Crippen molar-refractivity contribution < 1.29 is 19.2 Å². The van der Waals surface area contributed by atoms with E-state index in [1.165, 1.54) is 43.5 Å². The topological polar surface area (TPSA) is 89.8 Å². The number of nitro groups is 1. The third-order valence-corrected chi connectivity index (χ3v) is 4.93. The van der Waals surface area contributed by atoms with E-state index >= 15 is 0 Å². The first-order chi connectivity index (χ1) is 13.0. The quantitative estimate of drug-likeness (QED) is 0.282. The fraction of sp³-hybridized carbons (Fsp3) is 0.600. The van der Waals surface area contributed by atoms with Gasteiger partial charge in [0.25, 0.3) is 11.6 Å². The minimum absolute atomic E-state index is 0.0392. The summed E-state index contributed by atoms with van der Waals surface area (Å²) in [6.07, 6.45) is 6.76. The number of rotatable bonds is 9. The second-order valence-corrected chi connectivity index (χ2v) is 6.95. The standard InChI is InChI=1S/C20H28N2O5/c1-2-3-4-5-6-15-27-20(24)17-11-13-21(14-12-17)19(23)16-7-9-18(10-8-16)22(25)26/h7-10,17H,2-6,11-15H2,1H3. The molecule has 1 amide bonds. The highest BCUT2D eigenvalue weighted by atomic mass is 16.6. The molecule has 1 aliphatic rings. The molecule has 0 aliphatic carbocycles. The van der Waals surface area contributed by atoms with E-state index in [1.807, 2.05) is 0 Å². The number of nitro benzene ring substituents is 1. The van der Waals surface area contributed by atoms with Crippen molar-refractivity contribution in [1.29, 1.82) is 0 Å². The third-order valence-electron chi connectivity index (χ3n) is 4.93. The summed E-state index contributed by atoms with van der Waals surface area (Å²) < 4.78 is 5.37. The first-order valence-corrected chi connectivity index (χ1v) is 9.73. The van der Waals surface area contributed by atoms with Crippen LogP contribution in [0, 0.1) is 16.0 Å². The summed E-state index contributed by atoms with van der Waals surface area (Å²) in [7, 11) is 0.